The molecule has 1 unspecified atom stereocenters. The van der Waals surface area contributed by atoms with Crippen LogP contribution in [0.5, 0.6) is 0 Å². The molecular formula is C10H8ClNO6S. The Bertz CT molecular complexity index is 818. The number of hydrogen-bond acceptors (Lipinski definition) is 5. The van der Waals surface area contributed by atoms with Gasteiger partial charge in [-0.15, -0.1) is 0 Å². The third kappa shape index (κ3) is 2.36. The number of carboxylic acid groups (broad SMARTS) is 1. The molecule has 0 bridgehead atoms. The highest BCUT2D eigenvalue weighted by Gasteiger charge is 2.22. The summed E-state index contributed by atoms with van der Waals surface area (Å²) in [6.07, 6.45) is 0. The molecule has 0 saturated carbocycles. The smallest absolute Gasteiger partial charge is 0.420 e. The summed E-state index contributed by atoms with van der Waals surface area (Å²) in [6, 6.07) is 2.39. The van der Waals surface area contributed by atoms with Crippen LogP contribution in [0.15, 0.2) is 32.3 Å². The molecule has 102 valence electrons. The van der Waals surface area contributed by atoms with Crippen molar-refractivity contribution < 1.29 is 22.7 Å². The number of hydrogen-bond donors (Lipinski definition) is 1. The van der Waals surface area contributed by atoms with Crippen molar-refractivity contribution in [1.29, 1.82) is 0 Å². The number of halogens is 1. The Balaban J connectivity index is 2.74. The van der Waals surface area contributed by atoms with Gasteiger partial charge >= 0.3 is 11.7 Å². The molecule has 1 N–H and O–H groups in total. The topological polar surface area (TPSA) is 107 Å². The molecule has 0 aliphatic heterocycles. The van der Waals surface area contributed by atoms with Gasteiger partial charge in [-0.05, 0) is 19.1 Å². The van der Waals surface area contributed by atoms with Crippen LogP contribution in [0, 0.1) is 0 Å². The fraction of sp³-hybridized carbons (Fsp3) is 0.200. The molecule has 7 nitrogen and oxygen atoms in total. The molecular weight excluding hydrogens is 298 g/mol. The lowest BCUT2D eigenvalue weighted by atomic mass is 10.3. The van der Waals surface area contributed by atoms with Crippen molar-refractivity contribution in [2.75, 3.05) is 0 Å². The van der Waals surface area contributed by atoms with Gasteiger partial charge in [-0.3, -0.25) is 4.57 Å². The van der Waals surface area contributed by atoms with Crippen LogP contribution in [0.2, 0.25) is 0 Å². The van der Waals surface area contributed by atoms with Crippen molar-refractivity contribution in [2.45, 2.75) is 17.9 Å². The van der Waals surface area contributed by atoms with E-state index in [0.717, 1.165) is 10.6 Å². The summed E-state index contributed by atoms with van der Waals surface area (Å²) in [4.78, 5) is 22.3. The number of aliphatic carboxylic acids is 1. The molecule has 9 heteroatoms. The van der Waals surface area contributed by atoms with Crippen LogP contribution in [-0.4, -0.2) is 24.1 Å². The fourth-order valence-corrected chi connectivity index (χ4v) is 2.41. The van der Waals surface area contributed by atoms with Gasteiger partial charge in [-0.25, -0.2) is 18.0 Å². The van der Waals surface area contributed by atoms with E-state index in [1.807, 2.05) is 0 Å². The molecule has 19 heavy (non-hydrogen) atoms. The van der Waals surface area contributed by atoms with E-state index in [1.54, 1.807) is 0 Å². The summed E-state index contributed by atoms with van der Waals surface area (Å²) < 4.78 is 28.1. The molecule has 2 aromatic rings. The third-order valence-electron chi connectivity index (χ3n) is 2.61. The lowest BCUT2D eigenvalue weighted by molar-refractivity contribution is -0.140. The number of benzene rings is 1. The Morgan fingerprint density at radius 3 is 2.63 bits per heavy atom. The van der Waals surface area contributed by atoms with Gasteiger partial charge in [0.25, 0.3) is 9.05 Å². The van der Waals surface area contributed by atoms with Gasteiger partial charge in [-0.2, -0.15) is 0 Å². The maximum Gasteiger partial charge on any atom is 0.420 e. The quantitative estimate of drug-likeness (QED) is 0.853. The van der Waals surface area contributed by atoms with E-state index in [4.69, 9.17) is 20.2 Å². The number of oxazole rings is 1. The number of nitrogens with zero attached hydrogens (tertiary/aromatic N) is 1. The lowest BCUT2D eigenvalue weighted by Gasteiger charge is -2.06. The van der Waals surface area contributed by atoms with Crippen LogP contribution >= 0.6 is 10.7 Å². The number of carboxylic acids is 1. The van der Waals surface area contributed by atoms with Gasteiger partial charge in [0.1, 0.15) is 6.04 Å². The molecule has 0 amide bonds. The van der Waals surface area contributed by atoms with E-state index in [9.17, 15) is 18.0 Å². The van der Waals surface area contributed by atoms with E-state index >= 15 is 0 Å². The summed E-state index contributed by atoms with van der Waals surface area (Å²) in [7, 11) is 1.22. The standard InChI is InChI=1S/C10H8ClNO6S/c1-5(9(13)14)12-7-3-2-6(19(11,16)17)4-8(7)18-10(12)15/h2-5H,1H3,(H,13,14). The highest BCUT2D eigenvalue weighted by molar-refractivity contribution is 8.13. The minimum atomic E-state index is -3.95. The van der Waals surface area contributed by atoms with E-state index in [-0.39, 0.29) is 16.0 Å². The normalized spacial score (nSPS) is 13.6. The van der Waals surface area contributed by atoms with Crippen LogP contribution in [0.1, 0.15) is 13.0 Å². The van der Waals surface area contributed by atoms with Crippen molar-refractivity contribution >= 4 is 36.8 Å². The Hall–Kier alpha value is -1.80. The first-order valence-corrected chi connectivity index (χ1v) is 7.35. The van der Waals surface area contributed by atoms with Crippen molar-refractivity contribution in [3.63, 3.8) is 0 Å². The van der Waals surface area contributed by atoms with Gasteiger partial charge < -0.3 is 9.52 Å². The van der Waals surface area contributed by atoms with Crippen molar-refractivity contribution in [2.24, 2.45) is 0 Å². The molecule has 2 rings (SSSR count). The third-order valence-corrected chi connectivity index (χ3v) is 3.96. The van der Waals surface area contributed by atoms with E-state index in [2.05, 4.69) is 0 Å². The maximum absolute atomic E-state index is 11.6. The predicted octanol–water partition coefficient (Wildman–Crippen LogP) is 1.17. The summed E-state index contributed by atoms with van der Waals surface area (Å²) in [6.45, 7) is 1.31. The van der Waals surface area contributed by atoms with Gasteiger partial charge in [0.05, 0.1) is 10.4 Å². The first kappa shape index (κ1) is 13.6. The Morgan fingerprint density at radius 2 is 2.11 bits per heavy atom. The zero-order valence-electron chi connectivity index (χ0n) is 9.53. The maximum atomic E-state index is 11.6. The van der Waals surface area contributed by atoms with Crippen molar-refractivity contribution in [1.82, 2.24) is 4.57 Å². The lowest BCUT2D eigenvalue weighted by Crippen LogP contribution is -2.24. The van der Waals surface area contributed by atoms with Crippen LogP contribution in [-0.2, 0) is 13.8 Å². The van der Waals surface area contributed by atoms with Crippen LogP contribution < -0.4 is 5.76 Å². The summed E-state index contributed by atoms with van der Waals surface area (Å²) in [5, 5.41) is 8.90. The van der Waals surface area contributed by atoms with E-state index in [1.165, 1.54) is 19.1 Å². The van der Waals surface area contributed by atoms with Gasteiger partial charge in [0.2, 0.25) is 0 Å². The number of fused-ring (bicyclic) bond motifs is 1. The van der Waals surface area contributed by atoms with Crippen LogP contribution in [0.25, 0.3) is 11.1 Å². The molecule has 1 heterocycles. The summed E-state index contributed by atoms with van der Waals surface area (Å²) in [5.74, 6) is -2.09. The molecule has 0 saturated heterocycles. The van der Waals surface area contributed by atoms with Crippen molar-refractivity contribution in [3.8, 4) is 0 Å². The molecule has 1 aromatic heterocycles. The molecule has 1 aromatic carbocycles. The number of aromatic nitrogens is 1. The Labute approximate surface area is 111 Å². The first-order valence-electron chi connectivity index (χ1n) is 5.04. The molecule has 0 aliphatic carbocycles. The van der Waals surface area contributed by atoms with E-state index in [0.29, 0.717) is 0 Å². The fourth-order valence-electron chi connectivity index (χ4n) is 1.65. The average molecular weight is 306 g/mol. The van der Waals surface area contributed by atoms with Gasteiger partial charge in [0, 0.05) is 16.7 Å². The second-order valence-electron chi connectivity index (χ2n) is 3.82. The van der Waals surface area contributed by atoms with Gasteiger partial charge in [0.15, 0.2) is 5.58 Å². The van der Waals surface area contributed by atoms with Crippen molar-refractivity contribution in [3.05, 3.63) is 28.7 Å². The molecule has 0 aliphatic rings. The summed E-state index contributed by atoms with van der Waals surface area (Å²) >= 11 is 0. The Morgan fingerprint density at radius 1 is 1.47 bits per heavy atom. The Kier molecular flexibility index (Phi) is 3.15. The second kappa shape index (κ2) is 4.39. The minimum absolute atomic E-state index is 0.0418. The summed E-state index contributed by atoms with van der Waals surface area (Å²) in [5.41, 5.74) is 0.142. The van der Waals surface area contributed by atoms with Crippen LogP contribution in [0.3, 0.4) is 0 Å². The van der Waals surface area contributed by atoms with Crippen LogP contribution in [0.4, 0.5) is 0 Å². The first-order chi connectivity index (χ1) is 8.71. The SMILES string of the molecule is CC(C(=O)O)n1c(=O)oc2cc(S(=O)(=O)Cl)ccc21. The minimum Gasteiger partial charge on any atom is -0.480 e. The van der Waals surface area contributed by atoms with E-state index < -0.39 is 26.8 Å². The number of rotatable bonds is 3. The largest absolute Gasteiger partial charge is 0.480 e. The molecule has 1 atom stereocenters. The number of carbonyl (C=O) groups is 1. The molecule has 0 spiro atoms. The van der Waals surface area contributed by atoms with Gasteiger partial charge in [-0.1, -0.05) is 0 Å². The zero-order valence-corrected chi connectivity index (χ0v) is 11.1. The second-order valence-corrected chi connectivity index (χ2v) is 6.39. The average Bonchev–Trinajstić information content (AvgIpc) is 2.61. The highest BCUT2D eigenvalue weighted by Crippen LogP contribution is 2.23. The molecule has 0 fully saturated rings. The monoisotopic (exact) mass is 305 g/mol. The predicted molar refractivity (Wildman–Crippen MR) is 65.9 cm³/mol. The highest BCUT2D eigenvalue weighted by atomic mass is 35.7. The molecule has 0 radical (unpaired) electrons. The zero-order chi connectivity index (χ0) is 14.4.